The highest BCUT2D eigenvalue weighted by Crippen LogP contribution is 2.29. The van der Waals surface area contributed by atoms with E-state index in [2.05, 4.69) is 39.4 Å². The van der Waals surface area contributed by atoms with Gasteiger partial charge in [0.15, 0.2) is 17.0 Å². The zero-order valence-corrected chi connectivity index (χ0v) is 17.8. The second-order valence-corrected chi connectivity index (χ2v) is 8.15. The zero-order valence-electron chi connectivity index (χ0n) is 16.2. The van der Waals surface area contributed by atoms with Gasteiger partial charge in [0.1, 0.15) is 0 Å². The number of benzene rings is 1. The Balaban J connectivity index is 2.08. The molecule has 1 atom stereocenters. The molecule has 3 aromatic rings. The lowest BCUT2D eigenvalue weighted by atomic mass is 10.1. The largest absolute Gasteiger partial charge is 0.394 e. The lowest BCUT2D eigenvalue weighted by Crippen LogP contribution is -2.30. The third-order valence-electron chi connectivity index (χ3n) is 4.42. The Bertz CT molecular complexity index is 952. The molecule has 2 aromatic heterocycles. The van der Waals surface area contributed by atoms with E-state index >= 15 is 0 Å². The lowest BCUT2D eigenvalue weighted by Gasteiger charge is -2.20. The molecule has 1 unspecified atom stereocenters. The molecule has 0 spiro atoms. The maximum atomic E-state index is 9.66. The zero-order chi connectivity index (χ0) is 20.4. The number of hydrogen-bond acceptors (Lipinski definition) is 6. The molecule has 0 radical (unpaired) electrons. The number of aliphatic hydroxyl groups is 1. The van der Waals surface area contributed by atoms with Crippen LogP contribution in [0.1, 0.15) is 33.7 Å². The van der Waals surface area contributed by atoms with Crippen molar-refractivity contribution in [3.63, 3.8) is 0 Å². The van der Waals surface area contributed by atoms with Crippen molar-refractivity contribution in [3.8, 4) is 0 Å². The van der Waals surface area contributed by atoms with Crippen LogP contribution < -0.4 is 10.6 Å². The van der Waals surface area contributed by atoms with Crippen molar-refractivity contribution in [2.45, 2.75) is 39.8 Å². The van der Waals surface area contributed by atoms with Gasteiger partial charge in [-0.1, -0.05) is 37.0 Å². The van der Waals surface area contributed by atoms with Gasteiger partial charge in [0, 0.05) is 21.8 Å². The minimum absolute atomic E-state index is 0.0187. The summed E-state index contributed by atoms with van der Waals surface area (Å²) >= 11 is 12.2. The number of aliphatic hydroxyl groups excluding tert-OH is 1. The molecule has 0 bridgehead atoms. The monoisotopic (exact) mass is 422 g/mol. The Morgan fingerprint density at radius 1 is 1.07 bits per heavy atom. The summed E-state index contributed by atoms with van der Waals surface area (Å²) in [4.78, 5) is 13.7. The van der Waals surface area contributed by atoms with Gasteiger partial charge in [-0.3, -0.25) is 0 Å². The van der Waals surface area contributed by atoms with Crippen molar-refractivity contribution >= 4 is 51.8 Å². The van der Waals surface area contributed by atoms with Crippen molar-refractivity contribution in [2.75, 3.05) is 17.2 Å². The van der Waals surface area contributed by atoms with Crippen LogP contribution in [0.3, 0.4) is 0 Å². The van der Waals surface area contributed by atoms with Crippen LogP contribution in [0.2, 0.25) is 10.0 Å². The molecule has 7 nitrogen and oxygen atoms in total. The van der Waals surface area contributed by atoms with E-state index in [4.69, 9.17) is 23.2 Å². The normalized spacial score (nSPS) is 12.8. The maximum Gasteiger partial charge on any atom is 0.227 e. The average Bonchev–Trinajstić information content (AvgIpc) is 3.03. The van der Waals surface area contributed by atoms with E-state index in [9.17, 15) is 5.11 Å². The van der Waals surface area contributed by atoms with Crippen molar-refractivity contribution in [1.29, 1.82) is 0 Å². The lowest BCUT2D eigenvalue weighted by molar-refractivity contribution is 0.248. The average molecular weight is 423 g/mol. The van der Waals surface area contributed by atoms with Gasteiger partial charge in [-0.05, 0) is 38.0 Å². The molecule has 1 aromatic carbocycles. The van der Waals surface area contributed by atoms with Crippen LogP contribution in [0, 0.1) is 5.92 Å². The summed E-state index contributed by atoms with van der Waals surface area (Å²) in [6.45, 7) is 8.15. The van der Waals surface area contributed by atoms with E-state index in [0.717, 1.165) is 0 Å². The minimum atomic E-state index is -0.165. The first-order valence-corrected chi connectivity index (χ1v) is 9.89. The van der Waals surface area contributed by atoms with Gasteiger partial charge in [0.2, 0.25) is 5.95 Å². The van der Waals surface area contributed by atoms with Crippen LogP contribution >= 0.6 is 23.2 Å². The van der Waals surface area contributed by atoms with Crippen molar-refractivity contribution < 1.29 is 5.11 Å². The molecule has 0 saturated heterocycles. The van der Waals surface area contributed by atoms with E-state index in [0.29, 0.717) is 38.7 Å². The predicted molar refractivity (Wildman–Crippen MR) is 115 cm³/mol. The van der Waals surface area contributed by atoms with Crippen molar-refractivity contribution in [1.82, 2.24) is 19.5 Å². The first-order valence-electron chi connectivity index (χ1n) is 9.13. The molecule has 28 heavy (non-hydrogen) atoms. The van der Waals surface area contributed by atoms with Gasteiger partial charge >= 0.3 is 0 Å². The molecule has 150 valence electrons. The molecule has 0 aliphatic rings. The summed E-state index contributed by atoms with van der Waals surface area (Å²) in [5, 5.41) is 17.2. The highest BCUT2D eigenvalue weighted by atomic mass is 35.5. The van der Waals surface area contributed by atoms with Gasteiger partial charge in [0.25, 0.3) is 0 Å². The van der Waals surface area contributed by atoms with Gasteiger partial charge < -0.3 is 20.3 Å². The SMILES string of the molecule is CC(C)C(CO)Nc1nc(Nc2cc(Cl)cc(Cl)c2)c2ncn(C(C)C)c2n1. The van der Waals surface area contributed by atoms with Gasteiger partial charge in [-0.15, -0.1) is 0 Å². The van der Waals surface area contributed by atoms with Crippen LogP contribution in [0.4, 0.5) is 17.5 Å². The molecule has 0 amide bonds. The fourth-order valence-electron chi connectivity index (χ4n) is 2.80. The van der Waals surface area contributed by atoms with Gasteiger partial charge in [-0.2, -0.15) is 9.97 Å². The standard InChI is InChI=1S/C19H24Cl2N6O/c1-10(2)15(8-28)24-19-25-17(23-14-6-12(20)5-13(21)7-14)16-18(26-19)27(9-22-16)11(3)4/h5-7,9-11,15,28H,8H2,1-4H3,(H2,23,24,25,26). The number of hydrogen-bond donors (Lipinski definition) is 3. The fraction of sp³-hybridized carbons (Fsp3) is 0.421. The summed E-state index contributed by atoms with van der Waals surface area (Å²) in [7, 11) is 0. The molecule has 3 N–H and O–H groups in total. The molecule has 0 aliphatic carbocycles. The first-order chi connectivity index (χ1) is 13.3. The highest BCUT2D eigenvalue weighted by Gasteiger charge is 2.18. The summed E-state index contributed by atoms with van der Waals surface area (Å²) in [5.74, 6) is 1.16. The summed E-state index contributed by atoms with van der Waals surface area (Å²) in [5.41, 5.74) is 2.04. The van der Waals surface area contributed by atoms with Crippen LogP contribution in [0.5, 0.6) is 0 Å². The molecule has 3 rings (SSSR count). The smallest absolute Gasteiger partial charge is 0.227 e. The molecule has 0 saturated carbocycles. The number of nitrogens with one attached hydrogen (secondary N) is 2. The second-order valence-electron chi connectivity index (χ2n) is 7.27. The number of fused-ring (bicyclic) bond motifs is 1. The number of anilines is 3. The number of aromatic nitrogens is 4. The van der Waals surface area contributed by atoms with Gasteiger partial charge in [-0.25, -0.2) is 4.98 Å². The Labute approximate surface area is 174 Å². The number of rotatable bonds is 7. The van der Waals surface area contributed by atoms with Crippen LogP contribution in [0.15, 0.2) is 24.5 Å². The van der Waals surface area contributed by atoms with Crippen molar-refractivity contribution in [2.24, 2.45) is 5.92 Å². The topological polar surface area (TPSA) is 87.9 Å². The fourth-order valence-corrected chi connectivity index (χ4v) is 3.32. The van der Waals surface area contributed by atoms with Crippen molar-refractivity contribution in [3.05, 3.63) is 34.6 Å². The van der Waals surface area contributed by atoms with Gasteiger partial charge in [0.05, 0.1) is 19.0 Å². The highest BCUT2D eigenvalue weighted by molar-refractivity contribution is 6.35. The molecular weight excluding hydrogens is 399 g/mol. The Hall–Kier alpha value is -2.09. The predicted octanol–water partition coefficient (Wildman–Crippen LogP) is 4.89. The third-order valence-corrected chi connectivity index (χ3v) is 4.86. The van der Waals surface area contributed by atoms with E-state index in [1.54, 1.807) is 24.5 Å². The minimum Gasteiger partial charge on any atom is -0.394 e. The summed E-state index contributed by atoms with van der Waals surface area (Å²) in [6, 6.07) is 5.21. The number of imidazole rings is 1. The third kappa shape index (κ3) is 4.48. The molecule has 2 heterocycles. The van der Waals surface area contributed by atoms with Crippen LogP contribution in [-0.2, 0) is 0 Å². The van der Waals surface area contributed by atoms with E-state index in [1.165, 1.54) is 0 Å². The maximum absolute atomic E-state index is 9.66. The molecular formula is C19H24Cl2N6O. The first kappa shape index (κ1) is 20.6. The van der Waals surface area contributed by atoms with Crippen LogP contribution in [0.25, 0.3) is 11.2 Å². The summed E-state index contributed by atoms with van der Waals surface area (Å²) < 4.78 is 1.97. The summed E-state index contributed by atoms with van der Waals surface area (Å²) in [6.07, 6.45) is 1.75. The van der Waals surface area contributed by atoms with Crippen LogP contribution in [-0.4, -0.2) is 37.3 Å². The van der Waals surface area contributed by atoms with E-state index < -0.39 is 0 Å². The Kier molecular flexibility index (Phi) is 6.27. The molecule has 0 aliphatic heterocycles. The molecule has 0 fully saturated rings. The Morgan fingerprint density at radius 2 is 1.75 bits per heavy atom. The number of halogens is 2. The quantitative estimate of drug-likeness (QED) is 0.502. The number of nitrogens with zero attached hydrogens (tertiary/aromatic N) is 4. The Morgan fingerprint density at radius 3 is 2.32 bits per heavy atom. The molecule has 9 heteroatoms. The van der Waals surface area contributed by atoms with E-state index in [1.807, 2.05) is 18.4 Å². The second kappa shape index (κ2) is 8.51. The van der Waals surface area contributed by atoms with E-state index in [-0.39, 0.29) is 24.6 Å².